The summed E-state index contributed by atoms with van der Waals surface area (Å²) in [7, 11) is -3.34. The van der Waals surface area contributed by atoms with Gasteiger partial charge in [0.1, 0.15) is 0 Å². The topological polar surface area (TPSA) is 82.9 Å². The maximum absolute atomic E-state index is 11.9. The summed E-state index contributed by atoms with van der Waals surface area (Å²) >= 11 is 0. The van der Waals surface area contributed by atoms with Gasteiger partial charge in [-0.1, -0.05) is 22.8 Å². The summed E-state index contributed by atoms with van der Waals surface area (Å²) in [5.41, 5.74) is 9.83. The van der Waals surface area contributed by atoms with Gasteiger partial charge in [0.05, 0.1) is 10.6 Å². The average Bonchev–Trinajstić information content (AvgIpc) is 2.17. The predicted molar refractivity (Wildman–Crippen MR) is 62.0 cm³/mol. The number of rotatable bonds is 4. The van der Waals surface area contributed by atoms with Crippen molar-refractivity contribution in [2.75, 3.05) is 12.3 Å². The van der Waals surface area contributed by atoms with Gasteiger partial charge in [-0.15, -0.1) is 0 Å². The second kappa shape index (κ2) is 5.01. The zero-order valence-electron chi connectivity index (χ0n) is 9.21. The smallest absolute Gasteiger partial charge is 0.178 e. The third-order valence-electron chi connectivity index (χ3n) is 2.19. The first kappa shape index (κ1) is 12.5. The van der Waals surface area contributed by atoms with E-state index in [2.05, 4.69) is 10.0 Å². The third-order valence-corrected chi connectivity index (χ3v) is 4.04. The lowest BCUT2D eigenvalue weighted by atomic mass is 10.2. The summed E-state index contributed by atoms with van der Waals surface area (Å²) in [6.07, 6.45) is 0. The quantitative estimate of drug-likeness (QED) is 0.459. The monoisotopic (exact) mass is 239 g/mol. The Balaban J connectivity index is 3.03. The Labute approximate surface area is 94.7 Å². The predicted octanol–water partition coefficient (Wildman–Crippen LogP) is 2.39. The Morgan fingerprint density at radius 1 is 1.38 bits per heavy atom. The van der Waals surface area contributed by atoms with Gasteiger partial charge in [0, 0.05) is 11.5 Å². The minimum atomic E-state index is -3.34. The lowest BCUT2D eigenvalue weighted by Crippen LogP contribution is -2.10. The van der Waals surface area contributed by atoms with Crippen LogP contribution in [-0.2, 0) is 9.84 Å². The van der Waals surface area contributed by atoms with Crippen LogP contribution in [-0.4, -0.2) is 20.7 Å². The zero-order valence-corrected chi connectivity index (χ0v) is 10.0. The van der Waals surface area contributed by atoms with Crippen molar-refractivity contribution in [1.29, 1.82) is 0 Å². The van der Waals surface area contributed by atoms with Gasteiger partial charge in [0.15, 0.2) is 9.84 Å². The van der Waals surface area contributed by atoms with Crippen LogP contribution in [0.25, 0.3) is 10.4 Å². The Morgan fingerprint density at radius 3 is 2.62 bits per heavy atom. The molecule has 0 aromatic heterocycles. The van der Waals surface area contributed by atoms with E-state index in [1.54, 1.807) is 19.1 Å². The number of aryl methyl sites for hydroxylation is 2. The molecule has 0 saturated heterocycles. The number of nitrogens with zero attached hydrogens (tertiary/aromatic N) is 3. The first-order chi connectivity index (χ1) is 7.47. The van der Waals surface area contributed by atoms with Gasteiger partial charge < -0.3 is 0 Å². The summed E-state index contributed by atoms with van der Waals surface area (Å²) in [5.74, 6) is -0.152. The molecule has 5 nitrogen and oxygen atoms in total. The Morgan fingerprint density at radius 2 is 2.06 bits per heavy atom. The number of benzene rings is 1. The average molecular weight is 239 g/mol. The standard InChI is InChI=1S/C10H13N3O2S/c1-8-3-4-10(9(2)7-8)16(14,15)6-5-12-13-11/h3-4,7H,5-6H2,1-2H3. The van der Waals surface area contributed by atoms with E-state index < -0.39 is 9.84 Å². The molecule has 6 heteroatoms. The molecule has 0 unspecified atom stereocenters. The fourth-order valence-electron chi connectivity index (χ4n) is 1.46. The summed E-state index contributed by atoms with van der Waals surface area (Å²) in [6.45, 7) is 3.63. The fraction of sp³-hybridized carbons (Fsp3) is 0.400. The normalized spacial score (nSPS) is 10.9. The molecule has 0 aliphatic rings. The minimum absolute atomic E-state index is 0.0356. The van der Waals surface area contributed by atoms with Crippen LogP contribution in [0, 0.1) is 13.8 Å². The van der Waals surface area contributed by atoms with E-state index in [1.807, 2.05) is 13.0 Å². The fourth-order valence-corrected chi connectivity index (χ4v) is 2.83. The molecule has 0 amide bonds. The van der Waals surface area contributed by atoms with Gasteiger partial charge in [-0.3, -0.25) is 0 Å². The Hall–Kier alpha value is -1.52. The number of hydrogen-bond acceptors (Lipinski definition) is 3. The van der Waals surface area contributed by atoms with Gasteiger partial charge >= 0.3 is 0 Å². The molecule has 1 aromatic carbocycles. The number of azide groups is 1. The first-order valence-corrected chi connectivity index (χ1v) is 6.43. The third kappa shape index (κ3) is 2.98. The molecule has 0 spiro atoms. The van der Waals surface area contributed by atoms with E-state index in [1.165, 1.54) is 0 Å². The Bertz CT molecular complexity index is 531. The van der Waals surface area contributed by atoms with Crippen molar-refractivity contribution in [2.24, 2.45) is 5.11 Å². The van der Waals surface area contributed by atoms with Crippen LogP contribution in [0.3, 0.4) is 0 Å². The molecule has 0 heterocycles. The summed E-state index contributed by atoms with van der Waals surface area (Å²) in [6, 6.07) is 5.17. The van der Waals surface area contributed by atoms with Crippen molar-refractivity contribution < 1.29 is 8.42 Å². The van der Waals surface area contributed by atoms with Gasteiger partial charge in [0.2, 0.25) is 0 Å². The van der Waals surface area contributed by atoms with Crippen LogP contribution < -0.4 is 0 Å². The lowest BCUT2D eigenvalue weighted by molar-refractivity contribution is 0.595. The first-order valence-electron chi connectivity index (χ1n) is 4.78. The second-order valence-electron chi connectivity index (χ2n) is 3.54. The van der Waals surface area contributed by atoms with Crippen LogP contribution in [0.5, 0.6) is 0 Å². The Kier molecular flexibility index (Phi) is 3.93. The molecule has 0 radical (unpaired) electrons. The van der Waals surface area contributed by atoms with Crippen LogP contribution in [0.4, 0.5) is 0 Å². The SMILES string of the molecule is Cc1ccc(S(=O)(=O)CCN=[N+]=[N-])c(C)c1. The lowest BCUT2D eigenvalue weighted by Gasteiger charge is -2.06. The maximum atomic E-state index is 11.9. The molecule has 1 aromatic rings. The van der Waals surface area contributed by atoms with E-state index in [0.29, 0.717) is 4.90 Å². The summed E-state index contributed by atoms with van der Waals surface area (Å²) in [5, 5.41) is 3.23. The van der Waals surface area contributed by atoms with Crippen LogP contribution >= 0.6 is 0 Å². The largest absolute Gasteiger partial charge is 0.224 e. The molecular weight excluding hydrogens is 226 g/mol. The molecule has 0 atom stereocenters. The van der Waals surface area contributed by atoms with Crippen LogP contribution in [0.2, 0.25) is 0 Å². The van der Waals surface area contributed by atoms with Crippen molar-refractivity contribution in [2.45, 2.75) is 18.7 Å². The van der Waals surface area contributed by atoms with Gasteiger partial charge in [-0.2, -0.15) is 0 Å². The molecule has 0 N–H and O–H groups in total. The minimum Gasteiger partial charge on any atom is -0.224 e. The molecule has 16 heavy (non-hydrogen) atoms. The molecule has 0 bridgehead atoms. The highest BCUT2D eigenvalue weighted by Crippen LogP contribution is 2.17. The number of sulfone groups is 1. The van der Waals surface area contributed by atoms with E-state index in [0.717, 1.165) is 11.1 Å². The van der Waals surface area contributed by atoms with E-state index in [-0.39, 0.29) is 12.3 Å². The van der Waals surface area contributed by atoms with Gasteiger partial charge in [0.25, 0.3) is 0 Å². The highest BCUT2D eigenvalue weighted by molar-refractivity contribution is 7.91. The van der Waals surface area contributed by atoms with Crippen molar-refractivity contribution in [1.82, 2.24) is 0 Å². The summed E-state index contributed by atoms with van der Waals surface area (Å²) < 4.78 is 23.7. The molecule has 0 fully saturated rings. The van der Waals surface area contributed by atoms with Gasteiger partial charge in [-0.05, 0) is 31.0 Å². The molecule has 0 aliphatic heterocycles. The number of hydrogen-bond donors (Lipinski definition) is 0. The highest BCUT2D eigenvalue weighted by Gasteiger charge is 2.15. The van der Waals surface area contributed by atoms with Crippen LogP contribution in [0.1, 0.15) is 11.1 Å². The molecular formula is C10H13N3O2S. The van der Waals surface area contributed by atoms with Gasteiger partial charge in [-0.25, -0.2) is 8.42 Å². The maximum Gasteiger partial charge on any atom is 0.178 e. The molecule has 1 rings (SSSR count). The van der Waals surface area contributed by atoms with Crippen molar-refractivity contribution in [3.05, 3.63) is 39.8 Å². The summed E-state index contributed by atoms with van der Waals surface area (Å²) in [4.78, 5) is 2.84. The van der Waals surface area contributed by atoms with Crippen LogP contribution in [0.15, 0.2) is 28.2 Å². The van der Waals surface area contributed by atoms with E-state index in [9.17, 15) is 8.42 Å². The van der Waals surface area contributed by atoms with E-state index >= 15 is 0 Å². The highest BCUT2D eigenvalue weighted by atomic mass is 32.2. The van der Waals surface area contributed by atoms with Crippen molar-refractivity contribution >= 4 is 9.84 Å². The molecule has 0 aliphatic carbocycles. The molecule has 0 saturated carbocycles. The second-order valence-corrected chi connectivity index (χ2v) is 5.62. The van der Waals surface area contributed by atoms with E-state index in [4.69, 9.17) is 5.53 Å². The van der Waals surface area contributed by atoms with Crippen molar-refractivity contribution in [3.63, 3.8) is 0 Å². The zero-order chi connectivity index (χ0) is 12.2. The van der Waals surface area contributed by atoms with Crippen molar-refractivity contribution in [3.8, 4) is 0 Å². The molecule has 86 valence electrons.